The third-order valence-corrected chi connectivity index (χ3v) is 4.68. The van der Waals surface area contributed by atoms with Crippen LogP contribution in [0.3, 0.4) is 0 Å². The van der Waals surface area contributed by atoms with Crippen molar-refractivity contribution < 1.29 is 9.84 Å². The van der Waals surface area contributed by atoms with Crippen LogP contribution in [0.2, 0.25) is 0 Å². The molecule has 3 unspecified atom stereocenters. The molecule has 1 aromatic heterocycles. The van der Waals surface area contributed by atoms with Gasteiger partial charge in [0, 0.05) is 33.7 Å². The van der Waals surface area contributed by atoms with Gasteiger partial charge in [0.25, 0.3) is 0 Å². The highest BCUT2D eigenvalue weighted by atomic mass is 79.9. The minimum Gasteiger partial charge on any atom is -0.392 e. The Kier molecular flexibility index (Phi) is 3.83. The van der Waals surface area contributed by atoms with Crippen LogP contribution in [-0.4, -0.2) is 23.9 Å². The summed E-state index contributed by atoms with van der Waals surface area (Å²) in [7, 11) is 0. The average Bonchev–Trinajstić information content (AvgIpc) is 2.75. The van der Waals surface area contributed by atoms with Gasteiger partial charge in [-0.25, -0.2) is 0 Å². The fraction of sp³-hybridized carbons (Fsp3) is 0.636. The van der Waals surface area contributed by atoms with E-state index < -0.39 is 0 Å². The molecule has 15 heavy (non-hydrogen) atoms. The number of ether oxygens (including phenoxy) is 1. The van der Waals surface area contributed by atoms with Gasteiger partial charge in [-0.2, -0.15) is 0 Å². The van der Waals surface area contributed by atoms with E-state index in [0.717, 1.165) is 23.9 Å². The average molecular weight is 291 g/mol. The number of hydrogen-bond donors (Lipinski definition) is 1. The third-order valence-electron chi connectivity index (χ3n) is 2.96. The van der Waals surface area contributed by atoms with Crippen molar-refractivity contribution >= 4 is 27.3 Å². The lowest BCUT2D eigenvalue weighted by Crippen LogP contribution is -2.27. The van der Waals surface area contributed by atoms with Crippen LogP contribution in [0.5, 0.6) is 0 Å². The van der Waals surface area contributed by atoms with Crippen LogP contribution in [0, 0.1) is 5.92 Å². The second-order valence-corrected chi connectivity index (χ2v) is 5.94. The van der Waals surface area contributed by atoms with Crippen LogP contribution < -0.4 is 0 Å². The second kappa shape index (κ2) is 4.95. The van der Waals surface area contributed by atoms with E-state index in [1.807, 2.05) is 6.92 Å². The van der Waals surface area contributed by atoms with Crippen LogP contribution in [0.4, 0.5) is 0 Å². The molecule has 0 spiro atoms. The molecule has 0 amide bonds. The quantitative estimate of drug-likeness (QED) is 0.928. The van der Waals surface area contributed by atoms with Gasteiger partial charge in [0.1, 0.15) is 0 Å². The summed E-state index contributed by atoms with van der Waals surface area (Å²) in [6, 6.07) is 2.08. The van der Waals surface area contributed by atoms with E-state index in [0.29, 0.717) is 5.92 Å². The molecular formula is C11H15BrO2S. The summed E-state index contributed by atoms with van der Waals surface area (Å²) in [6.07, 6.45) is 1.65. The van der Waals surface area contributed by atoms with Gasteiger partial charge in [-0.15, -0.1) is 11.3 Å². The molecule has 1 aliphatic rings. The molecule has 2 heterocycles. The first-order valence-electron chi connectivity index (χ1n) is 5.19. The van der Waals surface area contributed by atoms with Gasteiger partial charge in [-0.05, 0) is 35.3 Å². The van der Waals surface area contributed by atoms with Crippen LogP contribution in [0.15, 0.2) is 15.9 Å². The lowest BCUT2D eigenvalue weighted by Gasteiger charge is -2.20. The monoisotopic (exact) mass is 290 g/mol. The Bertz CT molecular complexity index is 326. The van der Waals surface area contributed by atoms with Gasteiger partial charge < -0.3 is 9.84 Å². The summed E-state index contributed by atoms with van der Waals surface area (Å²) in [4.78, 5) is 1.23. The SMILES string of the molecule is CC1OCCC1C(O)Cc1cc(Br)cs1. The Labute approximate surface area is 102 Å². The number of aliphatic hydroxyl groups excluding tert-OH is 1. The molecule has 2 rings (SSSR count). The fourth-order valence-corrected chi connectivity index (χ4v) is 3.57. The minimum atomic E-state index is -0.270. The molecular weight excluding hydrogens is 276 g/mol. The van der Waals surface area contributed by atoms with Crippen molar-refractivity contribution in [2.45, 2.75) is 32.0 Å². The fourth-order valence-electron chi connectivity index (χ4n) is 2.07. The van der Waals surface area contributed by atoms with Gasteiger partial charge in [0.2, 0.25) is 0 Å². The number of aliphatic hydroxyl groups is 1. The van der Waals surface area contributed by atoms with E-state index in [1.165, 1.54) is 4.88 Å². The first-order valence-corrected chi connectivity index (χ1v) is 6.86. The van der Waals surface area contributed by atoms with Crippen LogP contribution >= 0.6 is 27.3 Å². The van der Waals surface area contributed by atoms with Crippen molar-refractivity contribution in [3.8, 4) is 0 Å². The predicted molar refractivity (Wildman–Crippen MR) is 65.3 cm³/mol. The van der Waals surface area contributed by atoms with Crippen molar-refractivity contribution in [3.05, 3.63) is 20.8 Å². The summed E-state index contributed by atoms with van der Waals surface area (Å²) in [5, 5.41) is 12.1. The smallest absolute Gasteiger partial charge is 0.0642 e. The first-order chi connectivity index (χ1) is 7.16. The van der Waals surface area contributed by atoms with E-state index in [9.17, 15) is 5.11 Å². The van der Waals surface area contributed by atoms with Crippen LogP contribution in [-0.2, 0) is 11.2 Å². The zero-order chi connectivity index (χ0) is 10.8. The van der Waals surface area contributed by atoms with E-state index in [1.54, 1.807) is 11.3 Å². The molecule has 0 radical (unpaired) electrons. The Morgan fingerprint density at radius 3 is 3.07 bits per heavy atom. The lowest BCUT2D eigenvalue weighted by atomic mass is 9.93. The second-order valence-electron chi connectivity index (χ2n) is 4.03. The molecule has 1 aromatic rings. The molecule has 4 heteroatoms. The summed E-state index contributed by atoms with van der Waals surface area (Å²) < 4.78 is 6.57. The lowest BCUT2D eigenvalue weighted by molar-refractivity contribution is 0.0444. The molecule has 1 saturated heterocycles. The minimum absolute atomic E-state index is 0.198. The van der Waals surface area contributed by atoms with E-state index in [2.05, 4.69) is 27.4 Å². The predicted octanol–water partition coefficient (Wildman–Crippen LogP) is 2.84. The van der Waals surface area contributed by atoms with E-state index >= 15 is 0 Å². The van der Waals surface area contributed by atoms with Crippen molar-refractivity contribution in [2.24, 2.45) is 5.92 Å². The van der Waals surface area contributed by atoms with Crippen molar-refractivity contribution in [1.82, 2.24) is 0 Å². The Morgan fingerprint density at radius 1 is 1.73 bits per heavy atom. The molecule has 0 aromatic carbocycles. The largest absolute Gasteiger partial charge is 0.392 e. The van der Waals surface area contributed by atoms with Crippen LogP contribution in [0.25, 0.3) is 0 Å². The molecule has 0 bridgehead atoms. The van der Waals surface area contributed by atoms with Gasteiger partial charge in [-0.1, -0.05) is 0 Å². The Morgan fingerprint density at radius 2 is 2.53 bits per heavy atom. The molecule has 1 N–H and O–H groups in total. The van der Waals surface area contributed by atoms with Gasteiger partial charge in [0.15, 0.2) is 0 Å². The Hall–Kier alpha value is 0.1000. The maximum atomic E-state index is 10.1. The number of hydrogen-bond acceptors (Lipinski definition) is 3. The highest BCUT2D eigenvalue weighted by molar-refractivity contribution is 9.10. The maximum Gasteiger partial charge on any atom is 0.0642 e. The standard InChI is InChI=1S/C11H15BrO2S/c1-7-10(2-3-14-7)11(13)5-9-4-8(12)6-15-9/h4,6-7,10-11,13H,2-3,5H2,1H3. The highest BCUT2D eigenvalue weighted by Crippen LogP contribution is 2.28. The molecule has 3 atom stereocenters. The molecule has 2 nitrogen and oxygen atoms in total. The zero-order valence-electron chi connectivity index (χ0n) is 8.65. The zero-order valence-corrected chi connectivity index (χ0v) is 11.1. The van der Waals surface area contributed by atoms with Gasteiger partial charge in [0.05, 0.1) is 12.2 Å². The molecule has 1 fully saturated rings. The van der Waals surface area contributed by atoms with Crippen molar-refractivity contribution in [2.75, 3.05) is 6.61 Å². The summed E-state index contributed by atoms with van der Waals surface area (Å²) in [5.74, 6) is 0.297. The summed E-state index contributed by atoms with van der Waals surface area (Å²) in [5.41, 5.74) is 0. The summed E-state index contributed by atoms with van der Waals surface area (Å²) in [6.45, 7) is 2.84. The molecule has 84 valence electrons. The third kappa shape index (κ3) is 2.81. The normalized spacial score (nSPS) is 28.2. The molecule has 0 aliphatic carbocycles. The van der Waals surface area contributed by atoms with E-state index in [4.69, 9.17) is 4.74 Å². The molecule has 0 saturated carbocycles. The first kappa shape index (κ1) is 11.6. The number of thiophene rings is 1. The molecule has 1 aliphatic heterocycles. The van der Waals surface area contributed by atoms with Crippen molar-refractivity contribution in [3.63, 3.8) is 0 Å². The highest BCUT2D eigenvalue weighted by Gasteiger charge is 2.30. The number of halogens is 1. The summed E-state index contributed by atoms with van der Waals surface area (Å²) >= 11 is 5.11. The van der Waals surface area contributed by atoms with E-state index in [-0.39, 0.29) is 12.2 Å². The van der Waals surface area contributed by atoms with Gasteiger partial charge in [-0.3, -0.25) is 0 Å². The number of rotatable bonds is 3. The van der Waals surface area contributed by atoms with Gasteiger partial charge >= 0.3 is 0 Å². The Balaban J connectivity index is 1.94. The maximum absolute atomic E-state index is 10.1. The topological polar surface area (TPSA) is 29.5 Å². The van der Waals surface area contributed by atoms with Crippen LogP contribution in [0.1, 0.15) is 18.2 Å². The van der Waals surface area contributed by atoms with Crippen molar-refractivity contribution in [1.29, 1.82) is 0 Å².